The lowest BCUT2D eigenvalue weighted by molar-refractivity contribution is 0.246. The van der Waals surface area contributed by atoms with E-state index < -0.39 is 0 Å². The molecular weight excluding hydrogens is 272 g/mol. The van der Waals surface area contributed by atoms with E-state index in [9.17, 15) is 0 Å². The average molecular weight is 290 g/mol. The van der Waals surface area contributed by atoms with E-state index in [1.54, 1.807) is 0 Å². The van der Waals surface area contributed by atoms with E-state index in [1.165, 1.54) is 0 Å². The second-order valence-corrected chi connectivity index (χ2v) is 5.12. The minimum Gasteiger partial charge on any atom is -0.481 e. The van der Waals surface area contributed by atoms with Crippen LogP contribution in [-0.2, 0) is 6.61 Å². The first kappa shape index (κ1) is 14.4. The summed E-state index contributed by atoms with van der Waals surface area (Å²) in [6.07, 6.45) is -0.151. The molecule has 0 aliphatic heterocycles. The van der Waals surface area contributed by atoms with Gasteiger partial charge < -0.3 is 9.84 Å². The van der Waals surface area contributed by atoms with Crippen LogP contribution in [0.4, 0.5) is 0 Å². The van der Waals surface area contributed by atoms with E-state index in [1.807, 2.05) is 60.7 Å². The highest BCUT2D eigenvalue weighted by molar-refractivity contribution is 5.34. The van der Waals surface area contributed by atoms with Gasteiger partial charge in [0.1, 0.15) is 11.9 Å². The Labute approximate surface area is 130 Å². The number of hydrogen-bond donors (Lipinski definition) is 1. The fourth-order valence-electron chi connectivity index (χ4n) is 2.39. The molecule has 0 unspecified atom stereocenters. The minimum absolute atomic E-state index is 0.0427. The molecule has 0 radical (unpaired) electrons. The van der Waals surface area contributed by atoms with Gasteiger partial charge in [0.15, 0.2) is 0 Å². The maximum Gasteiger partial charge on any atom is 0.149 e. The summed E-state index contributed by atoms with van der Waals surface area (Å²) in [5, 5.41) is 9.13. The highest BCUT2D eigenvalue weighted by atomic mass is 16.5. The third kappa shape index (κ3) is 3.35. The molecule has 0 fully saturated rings. The predicted octanol–water partition coefficient (Wildman–Crippen LogP) is 4.35. The molecule has 3 aromatic carbocycles. The number of aliphatic hydroxyl groups is 1. The van der Waals surface area contributed by atoms with Crippen LogP contribution in [0.1, 0.15) is 22.8 Å². The number of rotatable bonds is 5. The van der Waals surface area contributed by atoms with Gasteiger partial charge in [0.25, 0.3) is 0 Å². The van der Waals surface area contributed by atoms with Crippen molar-refractivity contribution in [2.24, 2.45) is 0 Å². The molecule has 0 saturated heterocycles. The first-order valence-corrected chi connectivity index (χ1v) is 7.33. The van der Waals surface area contributed by atoms with E-state index in [0.29, 0.717) is 0 Å². The molecule has 0 spiro atoms. The van der Waals surface area contributed by atoms with Crippen LogP contribution in [0.3, 0.4) is 0 Å². The molecule has 3 aromatic rings. The zero-order valence-corrected chi connectivity index (χ0v) is 12.2. The maximum absolute atomic E-state index is 9.13. The largest absolute Gasteiger partial charge is 0.481 e. The zero-order chi connectivity index (χ0) is 15.2. The second-order valence-electron chi connectivity index (χ2n) is 5.12. The summed E-state index contributed by atoms with van der Waals surface area (Å²) >= 11 is 0. The molecule has 110 valence electrons. The highest BCUT2D eigenvalue weighted by Gasteiger charge is 2.15. The summed E-state index contributed by atoms with van der Waals surface area (Å²) in [7, 11) is 0. The Bertz CT molecular complexity index is 651. The molecule has 2 nitrogen and oxygen atoms in total. The molecule has 0 aromatic heterocycles. The van der Waals surface area contributed by atoms with Crippen LogP contribution >= 0.6 is 0 Å². The minimum atomic E-state index is -0.151. The summed E-state index contributed by atoms with van der Waals surface area (Å²) in [5.74, 6) is 0.787. The number of aliphatic hydroxyl groups excluding tert-OH is 1. The number of ether oxygens (including phenoxy) is 1. The highest BCUT2D eigenvalue weighted by Crippen LogP contribution is 2.28. The Morgan fingerprint density at radius 1 is 0.682 bits per heavy atom. The van der Waals surface area contributed by atoms with E-state index in [2.05, 4.69) is 24.3 Å². The first-order valence-electron chi connectivity index (χ1n) is 7.33. The van der Waals surface area contributed by atoms with Gasteiger partial charge in [-0.2, -0.15) is 0 Å². The molecule has 0 aliphatic rings. The van der Waals surface area contributed by atoms with Crippen molar-refractivity contribution in [2.45, 2.75) is 12.7 Å². The smallest absolute Gasteiger partial charge is 0.149 e. The Balaban J connectivity index is 1.91. The molecule has 0 bridgehead atoms. The van der Waals surface area contributed by atoms with Crippen molar-refractivity contribution in [3.05, 3.63) is 102 Å². The molecule has 0 aliphatic carbocycles. The maximum atomic E-state index is 9.13. The van der Waals surface area contributed by atoms with Gasteiger partial charge in [0, 0.05) is 0 Å². The van der Waals surface area contributed by atoms with Crippen LogP contribution in [0.25, 0.3) is 0 Å². The van der Waals surface area contributed by atoms with Gasteiger partial charge in [-0.25, -0.2) is 0 Å². The molecule has 3 rings (SSSR count). The van der Waals surface area contributed by atoms with Crippen LogP contribution in [0.2, 0.25) is 0 Å². The van der Waals surface area contributed by atoms with Crippen LogP contribution in [-0.4, -0.2) is 5.11 Å². The van der Waals surface area contributed by atoms with Gasteiger partial charge >= 0.3 is 0 Å². The van der Waals surface area contributed by atoms with Crippen LogP contribution in [0, 0.1) is 0 Å². The SMILES string of the molecule is OCc1ccc(OC(c2ccccc2)c2ccccc2)cc1. The van der Waals surface area contributed by atoms with Gasteiger partial charge in [0.05, 0.1) is 6.61 Å². The molecule has 0 saturated carbocycles. The quantitative estimate of drug-likeness (QED) is 0.757. The average Bonchev–Trinajstić information content (AvgIpc) is 2.62. The Morgan fingerprint density at radius 2 is 1.18 bits per heavy atom. The first-order chi connectivity index (χ1) is 10.9. The van der Waals surface area contributed by atoms with Gasteiger partial charge in [-0.3, -0.25) is 0 Å². The van der Waals surface area contributed by atoms with E-state index in [4.69, 9.17) is 9.84 Å². The fraction of sp³-hybridized carbons (Fsp3) is 0.100. The van der Waals surface area contributed by atoms with Crippen molar-refractivity contribution in [1.82, 2.24) is 0 Å². The summed E-state index contributed by atoms with van der Waals surface area (Å²) in [6.45, 7) is 0.0427. The third-order valence-electron chi connectivity index (χ3n) is 3.56. The van der Waals surface area contributed by atoms with Crippen molar-refractivity contribution in [2.75, 3.05) is 0 Å². The lowest BCUT2D eigenvalue weighted by atomic mass is 10.0. The van der Waals surface area contributed by atoms with Crippen molar-refractivity contribution in [1.29, 1.82) is 0 Å². The number of benzene rings is 3. The van der Waals surface area contributed by atoms with Crippen molar-refractivity contribution < 1.29 is 9.84 Å². The number of hydrogen-bond acceptors (Lipinski definition) is 2. The van der Waals surface area contributed by atoms with Gasteiger partial charge in [-0.15, -0.1) is 0 Å². The van der Waals surface area contributed by atoms with Crippen molar-refractivity contribution in [3.63, 3.8) is 0 Å². The van der Waals surface area contributed by atoms with Crippen molar-refractivity contribution >= 4 is 0 Å². The second kappa shape index (κ2) is 6.92. The fourth-order valence-corrected chi connectivity index (χ4v) is 2.39. The van der Waals surface area contributed by atoms with Crippen LogP contribution < -0.4 is 4.74 Å². The lowest BCUT2D eigenvalue weighted by Gasteiger charge is -2.20. The third-order valence-corrected chi connectivity index (χ3v) is 3.56. The lowest BCUT2D eigenvalue weighted by Crippen LogP contribution is -2.09. The molecule has 0 amide bonds. The Hall–Kier alpha value is -2.58. The predicted molar refractivity (Wildman–Crippen MR) is 87.7 cm³/mol. The molecule has 22 heavy (non-hydrogen) atoms. The van der Waals surface area contributed by atoms with Gasteiger partial charge in [0.2, 0.25) is 0 Å². The summed E-state index contributed by atoms with van der Waals surface area (Å²) in [6, 6.07) is 27.9. The normalized spacial score (nSPS) is 10.6. The van der Waals surface area contributed by atoms with Gasteiger partial charge in [-0.1, -0.05) is 72.8 Å². The molecule has 0 heterocycles. The molecular formula is C20H18O2. The standard InChI is InChI=1S/C20H18O2/c21-15-16-11-13-19(14-12-16)22-20(17-7-3-1-4-8-17)18-9-5-2-6-10-18/h1-14,20-21H,15H2. The summed E-state index contributed by atoms with van der Waals surface area (Å²) in [5.41, 5.74) is 3.10. The monoisotopic (exact) mass is 290 g/mol. The van der Waals surface area contributed by atoms with Crippen molar-refractivity contribution in [3.8, 4) is 5.75 Å². The summed E-state index contributed by atoms with van der Waals surface area (Å²) < 4.78 is 6.20. The molecule has 0 atom stereocenters. The topological polar surface area (TPSA) is 29.5 Å². The van der Waals surface area contributed by atoms with E-state index >= 15 is 0 Å². The van der Waals surface area contributed by atoms with Crippen LogP contribution in [0.15, 0.2) is 84.9 Å². The molecule has 2 heteroatoms. The Kier molecular flexibility index (Phi) is 4.52. The van der Waals surface area contributed by atoms with E-state index in [-0.39, 0.29) is 12.7 Å². The zero-order valence-electron chi connectivity index (χ0n) is 12.2. The Morgan fingerprint density at radius 3 is 1.64 bits per heavy atom. The summed E-state index contributed by atoms with van der Waals surface area (Å²) in [4.78, 5) is 0. The van der Waals surface area contributed by atoms with Gasteiger partial charge in [-0.05, 0) is 28.8 Å². The molecule has 1 N–H and O–H groups in total. The van der Waals surface area contributed by atoms with E-state index in [0.717, 1.165) is 22.4 Å². The van der Waals surface area contributed by atoms with Crippen LogP contribution in [0.5, 0.6) is 5.75 Å².